The van der Waals surface area contributed by atoms with Gasteiger partial charge in [0.15, 0.2) is 5.82 Å². The van der Waals surface area contributed by atoms with Crippen LogP contribution >= 0.6 is 0 Å². The van der Waals surface area contributed by atoms with Gasteiger partial charge in [0.25, 0.3) is 0 Å². The number of anilines is 1. The van der Waals surface area contributed by atoms with E-state index in [2.05, 4.69) is 15.5 Å². The van der Waals surface area contributed by atoms with Crippen LogP contribution in [0.1, 0.15) is 35.8 Å². The molecule has 140 valence electrons. The Labute approximate surface area is 156 Å². The van der Waals surface area contributed by atoms with Crippen LogP contribution < -0.4 is 5.32 Å². The molecule has 0 fully saturated rings. The fraction of sp³-hybridized carbons (Fsp3) is 0.263. The molecule has 0 aliphatic heterocycles. The summed E-state index contributed by atoms with van der Waals surface area (Å²) in [5, 5.41) is 11.2. The van der Waals surface area contributed by atoms with E-state index in [1.807, 2.05) is 37.3 Å². The summed E-state index contributed by atoms with van der Waals surface area (Å²) in [7, 11) is 0. The van der Waals surface area contributed by atoms with Crippen molar-refractivity contribution in [3.8, 4) is 5.69 Å². The number of benzene rings is 1. The van der Waals surface area contributed by atoms with E-state index in [1.54, 1.807) is 30.9 Å². The zero-order chi connectivity index (χ0) is 19.4. The van der Waals surface area contributed by atoms with Crippen molar-refractivity contribution < 1.29 is 14.3 Å². The molecular formula is C19H21N5O3. The standard InChI is InChI=1S/C19H21N5O3/c1-4-27-19(26)16-11-21-24(15-8-6-5-7-9-15)17(16)22-18(25)14(3)23-12-13(2)10-20-23/h5-12,14H,4H2,1-3H3,(H,22,25). The first-order chi connectivity index (χ1) is 13.0. The zero-order valence-electron chi connectivity index (χ0n) is 15.4. The van der Waals surface area contributed by atoms with Crippen molar-refractivity contribution in [2.75, 3.05) is 11.9 Å². The lowest BCUT2D eigenvalue weighted by Gasteiger charge is -2.15. The van der Waals surface area contributed by atoms with Gasteiger partial charge in [-0.1, -0.05) is 18.2 Å². The maximum Gasteiger partial charge on any atom is 0.343 e. The predicted molar refractivity (Wildman–Crippen MR) is 99.8 cm³/mol. The molecule has 0 aliphatic carbocycles. The molecule has 0 aliphatic rings. The summed E-state index contributed by atoms with van der Waals surface area (Å²) < 4.78 is 8.16. The third-order valence-electron chi connectivity index (χ3n) is 4.01. The number of esters is 1. The van der Waals surface area contributed by atoms with Crippen LogP contribution in [-0.4, -0.2) is 38.0 Å². The average Bonchev–Trinajstić information content (AvgIpc) is 3.28. The van der Waals surface area contributed by atoms with Crippen molar-refractivity contribution in [2.45, 2.75) is 26.8 Å². The molecule has 1 atom stereocenters. The Balaban J connectivity index is 1.95. The first-order valence-corrected chi connectivity index (χ1v) is 8.63. The highest BCUT2D eigenvalue weighted by Crippen LogP contribution is 2.22. The second kappa shape index (κ2) is 7.86. The van der Waals surface area contributed by atoms with Crippen molar-refractivity contribution in [1.29, 1.82) is 0 Å². The SMILES string of the molecule is CCOC(=O)c1cnn(-c2ccccc2)c1NC(=O)C(C)n1cc(C)cn1. The van der Waals surface area contributed by atoms with Crippen molar-refractivity contribution in [3.05, 3.63) is 60.0 Å². The molecule has 27 heavy (non-hydrogen) atoms. The number of aromatic nitrogens is 4. The number of nitrogens with one attached hydrogen (secondary N) is 1. The van der Waals surface area contributed by atoms with Gasteiger partial charge in [-0.05, 0) is 38.5 Å². The highest BCUT2D eigenvalue weighted by molar-refractivity contribution is 6.01. The Morgan fingerprint density at radius 3 is 2.56 bits per heavy atom. The Morgan fingerprint density at radius 2 is 1.93 bits per heavy atom. The van der Waals surface area contributed by atoms with Crippen LogP contribution in [0.4, 0.5) is 5.82 Å². The van der Waals surface area contributed by atoms with Crippen molar-refractivity contribution >= 4 is 17.7 Å². The predicted octanol–water partition coefficient (Wildman–Crippen LogP) is 2.75. The molecule has 0 spiro atoms. The molecule has 1 amide bonds. The number of nitrogens with zero attached hydrogens (tertiary/aromatic N) is 4. The van der Waals surface area contributed by atoms with E-state index in [9.17, 15) is 9.59 Å². The quantitative estimate of drug-likeness (QED) is 0.677. The van der Waals surface area contributed by atoms with Crippen LogP contribution in [0.25, 0.3) is 5.69 Å². The third kappa shape index (κ3) is 3.89. The molecule has 8 nitrogen and oxygen atoms in total. The lowest BCUT2D eigenvalue weighted by molar-refractivity contribution is -0.119. The molecule has 0 saturated heterocycles. The maximum absolute atomic E-state index is 12.8. The maximum atomic E-state index is 12.8. The highest BCUT2D eigenvalue weighted by atomic mass is 16.5. The van der Waals surface area contributed by atoms with E-state index in [4.69, 9.17) is 4.74 Å². The third-order valence-corrected chi connectivity index (χ3v) is 4.01. The van der Waals surface area contributed by atoms with E-state index >= 15 is 0 Å². The van der Waals surface area contributed by atoms with Gasteiger partial charge < -0.3 is 10.1 Å². The second-order valence-electron chi connectivity index (χ2n) is 6.04. The number of rotatable bonds is 6. The van der Waals surface area contributed by atoms with Gasteiger partial charge in [-0.3, -0.25) is 9.48 Å². The fourth-order valence-electron chi connectivity index (χ4n) is 2.58. The molecule has 1 aromatic carbocycles. The molecule has 8 heteroatoms. The smallest absolute Gasteiger partial charge is 0.343 e. The number of ether oxygens (including phenoxy) is 1. The zero-order valence-corrected chi connectivity index (χ0v) is 15.4. The summed E-state index contributed by atoms with van der Waals surface area (Å²) in [6.45, 7) is 5.58. The van der Waals surface area contributed by atoms with Gasteiger partial charge in [0, 0.05) is 6.20 Å². The summed E-state index contributed by atoms with van der Waals surface area (Å²) in [6, 6.07) is 8.67. The monoisotopic (exact) mass is 367 g/mol. The molecule has 1 unspecified atom stereocenters. The van der Waals surface area contributed by atoms with Crippen LogP contribution in [0.15, 0.2) is 48.9 Å². The van der Waals surface area contributed by atoms with Crippen LogP contribution in [0.3, 0.4) is 0 Å². The van der Waals surface area contributed by atoms with Gasteiger partial charge in [0.05, 0.1) is 24.7 Å². The van der Waals surface area contributed by atoms with Gasteiger partial charge in [-0.15, -0.1) is 0 Å². The topological polar surface area (TPSA) is 91.0 Å². The molecule has 0 saturated carbocycles. The van der Waals surface area contributed by atoms with Gasteiger partial charge in [-0.2, -0.15) is 10.2 Å². The molecule has 2 aromatic heterocycles. The molecular weight excluding hydrogens is 346 g/mol. The van der Waals surface area contributed by atoms with Crippen molar-refractivity contribution in [1.82, 2.24) is 19.6 Å². The van der Waals surface area contributed by atoms with Gasteiger partial charge >= 0.3 is 5.97 Å². The van der Waals surface area contributed by atoms with Crippen LogP contribution in [0.2, 0.25) is 0 Å². The van der Waals surface area contributed by atoms with E-state index in [0.29, 0.717) is 5.69 Å². The van der Waals surface area contributed by atoms with Gasteiger partial charge in [0.2, 0.25) is 5.91 Å². The Kier molecular flexibility index (Phi) is 5.35. The minimum Gasteiger partial charge on any atom is -0.462 e. The van der Waals surface area contributed by atoms with Gasteiger partial charge in [-0.25, -0.2) is 9.48 Å². The lowest BCUT2D eigenvalue weighted by atomic mass is 10.2. The number of hydrogen-bond acceptors (Lipinski definition) is 5. The molecule has 3 aromatic rings. The minimum absolute atomic E-state index is 0.192. The number of amides is 1. The van der Waals surface area contributed by atoms with Gasteiger partial charge in [0.1, 0.15) is 11.6 Å². The Morgan fingerprint density at radius 1 is 1.19 bits per heavy atom. The summed E-state index contributed by atoms with van der Waals surface area (Å²) in [4.78, 5) is 25.1. The largest absolute Gasteiger partial charge is 0.462 e. The number of aryl methyl sites for hydroxylation is 1. The second-order valence-corrected chi connectivity index (χ2v) is 6.04. The van der Waals surface area contributed by atoms with E-state index in [1.165, 1.54) is 10.9 Å². The van der Waals surface area contributed by atoms with E-state index in [0.717, 1.165) is 5.56 Å². The normalized spacial score (nSPS) is 11.8. The van der Waals surface area contributed by atoms with E-state index in [-0.39, 0.29) is 23.9 Å². The molecule has 3 rings (SSSR count). The highest BCUT2D eigenvalue weighted by Gasteiger charge is 2.24. The summed E-state index contributed by atoms with van der Waals surface area (Å²) >= 11 is 0. The van der Waals surface area contributed by atoms with Crippen LogP contribution in [0, 0.1) is 6.92 Å². The lowest BCUT2D eigenvalue weighted by Crippen LogP contribution is -2.26. The van der Waals surface area contributed by atoms with Crippen molar-refractivity contribution in [2.24, 2.45) is 0 Å². The molecule has 1 N–H and O–H groups in total. The summed E-state index contributed by atoms with van der Waals surface area (Å²) in [6.07, 6.45) is 4.86. The molecule has 0 bridgehead atoms. The van der Waals surface area contributed by atoms with Crippen molar-refractivity contribution in [3.63, 3.8) is 0 Å². The number of carbonyl (C=O) groups excluding carboxylic acids is 2. The number of para-hydroxylation sites is 1. The molecule has 2 heterocycles. The summed E-state index contributed by atoms with van der Waals surface area (Å²) in [5.74, 6) is -0.598. The van der Waals surface area contributed by atoms with Crippen LogP contribution in [0.5, 0.6) is 0 Å². The average molecular weight is 367 g/mol. The molecule has 0 radical (unpaired) electrons. The number of hydrogen-bond donors (Lipinski definition) is 1. The number of carbonyl (C=O) groups is 2. The minimum atomic E-state index is -0.562. The summed E-state index contributed by atoms with van der Waals surface area (Å²) in [5.41, 5.74) is 1.86. The van der Waals surface area contributed by atoms with Crippen LogP contribution in [-0.2, 0) is 9.53 Å². The van der Waals surface area contributed by atoms with E-state index < -0.39 is 12.0 Å². The first-order valence-electron chi connectivity index (χ1n) is 8.63. The Hall–Kier alpha value is -3.42. The fourth-order valence-corrected chi connectivity index (χ4v) is 2.58. The Bertz CT molecular complexity index is 945. The first kappa shape index (κ1) is 18.4.